The number of carbonyl (C=O) groups is 17. The number of carboxylic acid groups (broad SMARTS) is 2. The van der Waals surface area contributed by atoms with Crippen LogP contribution >= 0.6 is 23.5 Å². The van der Waals surface area contributed by atoms with Crippen molar-refractivity contribution >= 4 is 134 Å². The number of hydrogen-bond donors (Lipinski definition) is 18. The van der Waals surface area contributed by atoms with Crippen LogP contribution in [-0.2, 0) is 87.9 Å². The van der Waals surface area contributed by atoms with E-state index in [2.05, 4.69) is 52.8 Å². The monoisotopic (exact) mass is 1580 g/mol. The highest BCUT2D eigenvalue weighted by Crippen LogP contribution is 2.26. The number of thioether (sulfide) groups is 2. The second kappa shape index (κ2) is 48.6. The number of rotatable bonds is 55. The van der Waals surface area contributed by atoms with E-state index in [1.165, 1.54) is 44.3 Å². The Kier molecular flexibility index (Phi) is 42.9. The number of carboxylic acids is 2. The van der Waals surface area contributed by atoms with Crippen LogP contribution in [0.3, 0.4) is 0 Å². The maximum Gasteiger partial charge on any atom is 0.307 e. The van der Waals surface area contributed by atoms with Crippen LogP contribution in [0, 0.1) is 41.4 Å². The third kappa shape index (κ3) is 33.1. The summed E-state index contributed by atoms with van der Waals surface area (Å²) in [5.41, 5.74) is 17.5. The zero-order chi connectivity index (χ0) is 82.7. The second-order valence-electron chi connectivity index (χ2n) is 28.0. The summed E-state index contributed by atoms with van der Waals surface area (Å²) in [6.07, 6.45) is -0.739. The predicted molar refractivity (Wildman–Crippen MR) is 404 cm³/mol. The Labute approximate surface area is 642 Å². The van der Waals surface area contributed by atoms with Gasteiger partial charge in [-0.15, -0.1) is 0 Å². The van der Waals surface area contributed by atoms with E-state index in [0.717, 1.165) is 0 Å². The molecule has 1 aromatic heterocycles. The lowest BCUT2D eigenvalue weighted by Gasteiger charge is -2.29. The van der Waals surface area contributed by atoms with Crippen molar-refractivity contribution in [2.75, 3.05) is 37.2 Å². The lowest BCUT2D eigenvalue weighted by Crippen LogP contribution is -2.60. The molecule has 37 heteroatoms. The van der Waals surface area contributed by atoms with Crippen molar-refractivity contribution in [3.63, 3.8) is 0 Å². The fraction of sp³-hybridized carbons (Fsp3) is 0.653. The van der Waals surface area contributed by atoms with E-state index in [0.29, 0.717) is 40.8 Å². The molecule has 1 unspecified atom stereocenters. The van der Waals surface area contributed by atoms with Gasteiger partial charge in [0.05, 0.1) is 61.7 Å². The van der Waals surface area contributed by atoms with E-state index in [4.69, 9.17) is 17.2 Å². The number of aliphatic carboxylic acids is 2. The van der Waals surface area contributed by atoms with Gasteiger partial charge >= 0.3 is 11.9 Å². The highest BCUT2D eigenvalue weighted by molar-refractivity contribution is 7.98. The molecule has 610 valence electrons. The predicted octanol–water partition coefficient (Wildman–Crippen LogP) is -1.55. The molecular formula is C72H113N13O22S2. The molecule has 109 heavy (non-hydrogen) atoms. The molecule has 2 aromatic rings. The second-order valence-corrected chi connectivity index (χ2v) is 30.0. The van der Waals surface area contributed by atoms with E-state index in [9.17, 15) is 107 Å². The molecule has 0 saturated heterocycles. The number of nitrogens with one attached hydrogen (secondary N) is 10. The molecule has 1 heterocycles. The molecule has 0 radical (unpaired) electrons. The lowest BCUT2D eigenvalue weighted by atomic mass is 9.82. The standard InChI is InChI=1S/C72H113N13O22S2/c1-12-36(5)45(30-57(92)62(37(6)13-2)85-64(98)43(33-86)28-54(89)39(8)77-68(102)52(31-60(95)96)83-69(103)51(24-35(3)4)82-70(104)53(34-87)84-71(105)61(75)40(9)88)65(99)81-50(26-42-32-76-46-17-15-14-16-44(42)46)55(90)25-38(7)63(97)79-48(20-22-108-10)67(101)80-49(21-23-109-11)66(100)78-47(18-19-58(73)93)56(91)27-41(72(106)107)29-59(74)94/h14-17,32,35-41,43,45,47-53,61-62,76,86-88H,12-13,18-31,33-34,75H2,1-11H3,(H2,73,93)(H2,74,94)(H,77,102)(H,78,100)(H,79,97)(H,80,101)(H,81,99)(H,82,104)(H,83,103)(H,84,105)(H,85,98)(H,95,96)(H,106,107)/t36-,37-,38+,39-,40+,41?,43-,45-,47-,48-,49-,50-,51-,52-,53-,61-,62-/m0/s1. The number of aromatic nitrogens is 1. The number of aliphatic hydroxyl groups excluding tert-OH is 3. The van der Waals surface area contributed by atoms with Crippen molar-refractivity contribution in [2.45, 2.75) is 219 Å². The van der Waals surface area contributed by atoms with E-state index in [1.54, 1.807) is 84.5 Å². The summed E-state index contributed by atoms with van der Waals surface area (Å²) in [7, 11) is 0. The molecular weight excluding hydrogens is 1460 g/mol. The molecule has 0 aliphatic heterocycles. The van der Waals surface area contributed by atoms with Gasteiger partial charge in [-0.2, -0.15) is 23.5 Å². The molecule has 1 aromatic carbocycles. The number of nitrogens with two attached hydrogens (primary N) is 3. The Bertz CT molecular complexity index is 3480. The smallest absolute Gasteiger partial charge is 0.307 e. The van der Waals surface area contributed by atoms with E-state index in [-0.39, 0.29) is 38.0 Å². The first kappa shape index (κ1) is 96.2. The topological polar surface area (TPSA) is 593 Å². The Balaban J connectivity index is 2.44. The first-order valence-corrected chi connectivity index (χ1v) is 39.0. The van der Waals surface area contributed by atoms with Gasteiger partial charge in [0.2, 0.25) is 65.0 Å². The number of amides is 11. The van der Waals surface area contributed by atoms with E-state index < -0.39 is 260 Å². The van der Waals surface area contributed by atoms with Crippen LogP contribution in [0.15, 0.2) is 30.5 Å². The Morgan fingerprint density at radius 1 is 0.486 bits per heavy atom. The summed E-state index contributed by atoms with van der Waals surface area (Å²) in [5.74, 6) is -22.7. The summed E-state index contributed by atoms with van der Waals surface area (Å²) >= 11 is 2.65. The SMILES string of the molecule is CC[C@H](C)[C@H](CC(=O)[C@@H](NC(=O)[C@H](CO)CC(=O)[C@H](C)NC(=O)[C@H](CC(=O)O)NC(=O)[C@H](CC(C)C)NC(=O)[C@H](CO)NC(=O)[C@@H](N)[C@@H](C)O)[C@@H](C)CC)C(=O)N[C@@H](Cc1c[nH]c2ccccc12)C(=O)C[C@@H](C)C(=O)N[C@@H](CCSC)C(=O)N[C@@H](CCSC)C(=O)N[C@@H](CCC(N)=O)C(=O)CC(CC(N)=O)C(=O)O. The molecule has 2 rings (SSSR count). The molecule has 0 fully saturated rings. The minimum Gasteiger partial charge on any atom is -0.481 e. The molecule has 35 nitrogen and oxygen atoms in total. The zero-order valence-electron chi connectivity index (χ0n) is 63.7. The van der Waals surface area contributed by atoms with Crippen molar-refractivity contribution < 1.29 is 107 Å². The van der Waals surface area contributed by atoms with Crippen molar-refractivity contribution in [2.24, 2.45) is 58.6 Å². The number of carbonyl (C=O) groups excluding carboxylic acids is 15. The number of H-pyrrole nitrogens is 1. The largest absolute Gasteiger partial charge is 0.481 e. The summed E-state index contributed by atoms with van der Waals surface area (Å²) in [6.45, 7) is 12.1. The Morgan fingerprint density at radius 2 is 0.991 bits per heavy atom. The fourth-order valence-corrected chi connectivity index (χ4v) is 12.5. The Morgan fingerprint density at radius 3 is 1.51 bits per heavy atom. The molecule has 0 spiro atoms. The summed E-state index contributed by atoms with van der Waals surface area (Å²) in [6, 6.07) is -7.65. The number of aliphatic hydroxyl groups is 3. The lowest BCUT2D eigenvalue weighted by molar-refractivity contribution is -0.146. The van der Waals surface area contributed by atoms with Gasteiger partial charge in [-0.05, 0) is 92.9 Å². The van der Waals surface area contributed by atoms with Crippen molar-refractivity contribution in [3.8, 4) is 0 Å². The maximum atomic E-state index is 14.9. The third-order valence-electron chi connectivity index (χ3n) is 18.7. The molecule has 0 saturated carbocycles. The van der Waals surface area contributed by atoms with E-state index >= 15 is 0 Å². The van der Waals surface area contributed by atoms with E-state index in [1.807, 2.05) is 0 Å². The number of benzene rings is 1. The quantitative estimate of drug-likeness (QED) is 0.0357. The van der Waals surface area contributed by atoms with Crippen LogP contribution in [0.25, 0.3) is 10.9 Å². The van der Waals surface area contributed by atoms with Gasteiger partial charge < -0.3 is 95.6 Å². The average Bonchev–Trinajstić information content (AvgIpc) is 1.70. The molecule has 11 amide bonds. The van der Waals surface area contributed by atoms with Crippen molar-refractivity contribution in [1.29, 1.82) is 0 Å². The number of hydrogen-bond acceptors (Lipinski definition) is 23. The fourth-order valence-electron chi connectivity index (χ4n) is 11.5. The maximum absolute atomic E-state index is 14.9. The van der Waals surface area contributed by atoms with Crippen LogP contribution in [0.5, 0.6) is 0 Å². The van der Waals surface area contributed by atoms with Gasteiger partial charge in [-0.1, -0.05) is 79.5 Å². The number of Topliss-reactive ketones (excluding diaryl/α,β-unsaturated/α-hetero) is 4. The van der Waals surface area contributed by atoms with Crippen LogP contribution in [0.1, 0.15) is 151 Å². The van der Waals surface area contributed by atoms with Gasteiger partial charge in [0, 0.05) is 73.9 Å². The van der Waals surface area contributed by atoms with Gasteiger partial charge in [-0.25, -0.2) is 0 Å². The molecule has 0 aliphatic rings. The average molecular weight is 1580 g/mol. The van der Waals surface area contributed by atoms with Gasteiger partial charge in [0.15, 0.2) is 23.1 Å². The van der Waals surface area contributed by atoms with Gasteiger partial charge in [0.25, 0.3) is 0 Å². The minimum absolute atomic E-state index is 0.00907. The number of para-hydroxylation sites is 1. The van der Waals surface area contributed by atoms with Gasteiger partial charge in [0.1, 0.15) is 36.3 Å². The number of fused-ring (bicyclic) bond motifs is 1. The zero-order valence-corrected chi connectivity index (χ0v) is 65.4. The van der Waals surface area contributed by atoms with Crippen LogP contribution < -0.4 is 65.1 Å². The molecule has 0 aliphatic carbocycles. The Hall–Kier alpha value is -8.91. The van der Waals surface area contributed by atoms with Crippen LogP contribution in [-0.4, -0.2) is 234 Å². The van der Waals surface area contributed by atoms with Crippen LogP contribution in [0.2, 0.25) is 0 Å². The van der Waals surface area contributed by atoms with Crippen LogP contribution in [0.4, 0.5) is 0 Å². The third-order valence-corrected chi connectivity index (χ3v) is 20.0. The first-order chi connectivity index (χ1) is 51.2. The number of aromatic amines is 1. The highest BCUT2D eigenvalue weighted by atomic mass is 32.2. The number of primary amides is 2. The summed E-state index contributed by atoms with van der Waals surface area (Å²) in [5, 5.41) is 72.8. The molecule has 0 bridgehead atoms. The van der Waals surface area contributed by atoms with Crippen molar-refractivity contribution in [1.82, 2.24) is 52.8 Å². The van der Waals surface area contributed by atoms with Gasteiger partial charge in [-0.3, -0.25) is 81.5 Å². The highest BCUT2D eigenvalue weighted by Gasteiger charge is 2.40. The summed E-state index contributed by atoms with van der Waals surface area (Å²) in [4.78, 5) is 232. The minimum atomic E-state index is -1.87. The number of ketones is 4. The van der Waals surface area contributed by atoms with Crippen molar-refractivity contribution in [3.05, 3.63) is 36.0 Å². The molecule has 17 atom stereocenters. The molecule has 21 N–H and O–H groups in total. The normalized spacial score (nSPS) is 16.1. The first-order valence-electron chi connectivity index (χ1n) is 36.2. The summed E-state index contributed by atoms with van der Waals surface area (Å²) < 4.78 is 0.